The third-order valence-corrected chi connectivity index (χ3v) is 3.63. The minimum Gasteiger partial charge on any atom is -0.327 e. The van der Waals surface area contributed by atoms with E-state index in [0.29, 0.717) is 9.86 Å². The van der Waals surface area contributed by atoms with Crippen molar-refractivity contribution >= 4 is 36.8 Å². The summed E-state index contributed by atoms with van der Waals surface area (Å²) in [5.41, 5.74) is -0.413. The molecule has 0 bridgehead atoms. The van der Waals surface area contributed by atoms with Crippen molar-refractivity contribution in [3.8, 4) is 0 Å². The molecule has 0 saturated carbocycles. The highest BCUT2D eigenvalue weighted by Crippen LogP contribution is 2.22. The van der Waals surface area contributed by atoms with E-state index in [1.54, 1.807) is 0 Å². The predicted molar refractivity (Wildman–Crippen MR) is 62.1 cm³/mol. The Morgan fingerprint density at radius 2 is 1.94 bits per heavy atom. The molecule has 5 nitrogen and oxygen atoms in total. The zero-order valence-electron chi connectivity index (χ0n) is 7.77. The van der Waals surface area contributed by atoms with Crippen molar-refractivity contribution in [2.75, 3.05) is 0 Å². The number of halogens is 1. The van der Waals surface area contributed by atoms with Gasteiger partial charge in [-0.1, -0.05) is 6.07 Å². The largest absolute Gasteiger partial charge is 0.327 e. The van der Waals surface area contributed by atoms with Gasteiger partial charge in [-0.25, -0.2) is 0 Å². The van der Waals surface area contributed by atoms with Gasteiger partial charge in [-0.2, -0.15) is 8.42 Å². The molecule has 0 aliphatic rings. The third kappa shape index (κ3) is 1.89. The summed E-state index contributed by atoms with van der Waals surface area (Å²) in [6.07, 6.45) is 1.47. The molecular formula is C9H6BrNO4S. The predicted octanol–water partition coefficient (Wildman–Crippen LogP) is 1.54. The van der Waals surface area contributed by atoms with Crippen LogP contribution in [0.25, 0.3) is 10.8 Å². The maximum absolute atomic E-state index is 11.5. The van der Waals surface area contributed by atoms with E-state index in [1.165, 1.54) is 18.3 Å². The van der Waals surface area contributed by atoms with Crippen LogP contribution in [0, 0.1) is 0 Å². The molecule has 0 aliphatic heterocycles. The molecule has 1 heterocycles. The highest BCUT2D eigenvalue weighted by atomic mass is 79.9. The molecule has 84 valence electrons. The molecule has 0 aliphatic carbocycles. The van der Waals surface area contributed by atoms with Gasteiger partial charge in [0.05, 0.1) is 4.90 Å². The van der Waals surface area contributed by atoms with Gasteiger partial charge < -0.3 is 4.98 Å². The Morgan fingerprint density at radius 3 is 2.56 bits per heavy atom. The summed E-state index contributed by atoms with van der Waals surface area (Å²) in [6, 6.07) is 3.83. The lowest BCUT2D eigenvalue weighted by Crippen LogP contribution is -2.07. The fourth-order valence-corrected chi connectivity index (χ4v) is 2.33. The number of hydrogen-bond donors (Lipinski definition) is 2. The van der Waals surface area contributed by atoms with Gasteiger partial charge in [0.25, 0.3) is 15.7 Å². The van der Waals surface area contributed by atoms with E-state index in [-0.39, 0.29) is 10.3 Å². The van der Waals surface area contributed by atoms with Gasteiger partial charge in [0, 0.05) is 21.4 Å². The number of rotatable bonds is 1. The number of benzene rings is 1. The minimum absolute atomic E-state index is 0.199. The van der Waals surface area contributed by atoms with E-state index in [1.807, 2.05) is 0 Å². The maximum atomic E-state index is 11.5. The van der Waals surface area contributed by atoms with Crippen molar-refractivity contribution < 1.29 is 13.0 Å². The summed E-state index contributed by atoms with van der Waals surface area (Å²) in [4.78, 5) is 13.6. The zero-order chi connectivity index (χ0) is 11.9. The highest BCUT2D eigenvalue weighted by Gasteiger charge is 2.12. The molecule has 0 amide bonds. The smallest absolute Gasteiger partial charge is 0.294 e. The quantitative estimate of drug-likeness (QED) is 0.782. The molecular weight excluding hydrogens is 298 g/mol. The zero-order valence-corrected chi connectivity index (χ0v) is 10.2. The van der Waals surface area contributed by atoms with Gasteiger partial charge in [0.1, 0.15) is 0 Å². The van der Waals surface area contributed by atoms with Crippen LogP contribution in [0.5, 0.6) is 0 Å². The number of aromatic amines is 1. The first-order valence-electron chi connectivity index (χ1n) is 4.18. The lowest BCUT2D eigenvalue weighted by molar-refractivity contribution is 0.483. The Labute approximate surface area is 99.0 Å². The molecule has 2 N–H and O–H groups in total. The van der Waals surface area contributed by atoms with Crippen LogP contribution in [0.2, 0.25) is 0 Å². The first kappa shape index (κ1) is 11.3. The SMILES string of the molecule is O=c1[nH]cc(Br)c2ccc(S(=O)(=O)O)cc12. The van der Waals surface area contributed by atoms with Gasteiger partial charge in [0.2, 0.25) is 0 Å². The van der Waals surface area contributed by atoms with Crippen molar-refractivity contribution in [3.05, 3.63) is 39.2 Å². The molecule has 2 rings (SSSR count). The standard InChI is InChI=1S/C9H6BrNO4S/c10-8-4-11-9(12)7-3-5(16(13,14)15)1-2-6(7)8/h1-4H,(H,11,12)(H,13,14,15). The molecule has 7 heteroatoms. The molecule has 0 fully saturated rings. The molecule has 0 spiro atoms. The average Bonchev–Trinajstić information content (AvgIpc) is 2.22. The van der Waals surface area contributed by atoms with Crippen molar-refractivity contribution in [1.29, 1.82) is 0 Å². The van der Waals surface area contributed by atoms with Crippen molar-refractivity contribution in [1.82, 2.24) is 4.98 Å². The highest BCUT2D eigenvalue weighted by molar-refractivity contribution is 9.10. The second kappa shape index (κ2) is 3.69. The minimum atomic E-state index is -4.29. The van der Waals surface area contributed by atoms with Crippen LogP contribution in [0.15, 0.2) is 38.6 Å². The van der Waals surface area contributed by atoms with Gasteiger partial charge in [-0.3, -0.25) is 9.35 Å². The summed E-state index contributed by atoms with van der Waals surface area (Å²) in [5.74, 6) is 0. The topological polar surface area (TPSA) is 87.2 Å². The lowest BCUT2D eigenvalue weighted by atomic mass is 10.2. The number of nitrogens with one attached hydrogen (secondary N) is 1. The van der Waals surface area contributed by atoms with Gasteiger partial charge in [-0.05, 0) is 28.1 Å². The molecule has 0 radical (unpaired) electrons. The van der Waals surface area contributed by atoms with E-state index >= 15 is 0 Å². The molecule has 0 saturated heterocycles. The van der Waals surface area contributed by atoms with Crippen LogP contribution in [-0.4, -0.2) is 18.0 Å². The van der Waals surface area contributed by atoms with Gasteiger partial charge in [-0.15, -0.1) is 0 Å². The fraction of sp³-hybridized carbons (Fsp3) is 0. The van der Waals surface area contributed by atoms with Crippen LogP contribution in [-0.2, 0) is 10.1 Å². The Kier molecular flexibility index (Phi) is 2.61. The second-order valence-electron chi connectivity index (χ2n) is 3.15. The van der Waals surface area contributed by atoms with E-state index in [0.717, 1.165) is 6.07 Å². The number of fused-ring (bicyclic) bond motifs is 1. The fourth-order valence-electron chi connectivity index (χ4n) is 1.36. The molecule has 2 aromatic rings. The van der Waals surface area contributed by atoms with Gasteiger partial charge >= 0.3 is 0 Å². The van der Waals surface area contributed by atoms with E-state index in [2.05, 4.69) is 20.9 Å². The third-order valence-electron chi connectivity index (χ3n) is 2.12. The first-order chi connectivity index (χ1) is 7.39. The first-order valence-corrected chi connectivity index (χ1v) is 6.41. The normalized spacial score (nSPS) is 11.9. The van der Waals surface area contributed by atoms with Crippen molar-refractivity contribution in [2.24, 2.45) is 0 Å². The Morgan fingerprint density at radius 1 is 1.25 bits per heavy atom. The summed E-state index contributed by atoms with van der Waals surface area (Å²) >= 11 is 3.22. The van der Waals surface area contributed by atoms with Crippen molar-refractivity contribution in [2.45, 2.75) is 4.90 Å². The lowest BCUT2D eigenvalue weighted by Gasteiger charge is -2.01. The number of hydrogen-bond acceptors (Lipinski definition) is 3. The summed E-state index contributed by atoms with van der Waals surface area (Å²) < 4.78 is 31.3. The van der Waals surface area contributed by atoms with Crippen LogP contribution >= 0.6 is 15.9 Å². The number of aromatic nitrogens is 1. The Balaban J connectivity index is 2.92. The number of pyridine rings is 1. The van der Waals surface area contributed by atoms with Gasteiger partial charge in [0.15, 0.2) is 0 Å². The summed E-state index contributed by atoms with van der Waals surface area (Å²) in [7, 11) is -4.29. The molecule has 0 atom stereocenters. The van der Waals surface area contributed by atoms with E-state index in [4.69, 9.17) is 4.55 Å². The van der Waals surface area contributed by atoms with Crippen molar-refractivity contribution in [3.63, 3.8) is 0 Å². The van der Waals surface area contributed by atoms with E-state index in [9.17, 15) is 13.2 Å². The molecule has 1 aromatic carbocycles. The van der Waals surface area contributed by atoms with Crippen LogP contribution in [0.3, 0.4) is 0 Å². The van der Waals surface area contributed by atoms with Crippen LogP contribution in [0.4, 0.5) is 0 Å². The van der Waals surface area contributed by atoms with E-state index < -0.39 is 15.7 Å². The monoisotopic (exact) mass is 303 g/mol. The molecule has 1 aromatic heterocycles. The average molecular weight is 304 g/mol. The Bertz CT molecular complexity index is 720. The number of H-pyrrole nitrogens is 1. The van der Waals surface area contributed by atoms with Crippen LogP contribution in [0.1, 0.15) is 0 Å². The Hall–Kier alpha value is -1.18. The maximum Gasteiger partial charge on any atom is 0.294 e. The molecule has 0 unspecified atom stereocenters. The summed E-state index contributed by atoms with van der Waals surface area (Å²) in [6.45, 7) is 0. The molecule has 16 heavy (non-hydrogen) atoms. The second-order valence-corrected chi connectivity index (χ2v) is 5.42. The summed E-state index contributed by atoms with van der Waals surface area (Å²) in [5, 5.41) is 0.778. The van der Waals surface area contributed by atoms with Crippen LogP contribution < -0.4 is 5.56 Å².